The molecule has 84 valence electrons. The number of hydrogen-bond donors (Lipinski definition) is 2. The average Bonchev–Trinajstić information content (AvgIpc) is 2.01. The Balaban J connectivity index is 0.00000196. The van der Waals surface area contributed by atoms with E-state index in [4.69, 9.17) is 5.73 Å². The Morgan fingerprint density at radius 1 is 1.47 bits per heavy atom. The molecule has 0 spiro atoms. The second-order valence-electron chi connectivity index (χ2n) is 2.95. The molecule has 1 aromatic carbocycles. The maximum absolute atomic E-state index is 9.69. The van der Waals surface area contributed by atoms with Gasteiger partial charge in [-0.3, -0.25) is 0 Å². The van der Waals surface area contributed by atoms with Crippen LogP contribution in [0.5, 0.6) is 5.75 Å². The summed E-state index contributed by atoms with van der Waals surface area (Å²) in [6.07, 6.45) is 2.37. The van der Waals surface area contributed by atoms with Gasteiger partial charge in [0.25, 0.3) is 0 Å². The summed E-state index contributed by atoms with van der Waals surface area (Å²) in [6.45, 7) is 3.62. The van der Waals surface area contributed by atoms with Gasteiger partial charge in [-0.1, -0.05) is 37.9 Å². The second-order valence-corrected chi connectivity index (χ2v) is 4.72. The Hall–Kier alpha value is -0.0300. The van der Waals surface area contributed by atoms with Crippen LogP contribution in [0.4, 0.5) is 0 Å². The molecule has 0 amide bonds. The lowest BCUT2D eigenvalue weighted by atomic mass is 10.0. The Morgan fingerprint density at radius 3 is 2.53 bits per heavy atom. The molecule has 1 aromatic rings. The molecule has 3 N–H and O–H groups in total. The maximum atomic E-state index is 9.69. The first kappa shape index (κ1) is 15.0. The lowest BCUT2D eigenvalue weighted by Gasteiger charge is -2.14. The van der Waals surface area contributed by atoms with Gasteiger partial charge in [-0.25, -0.2) is 0 Å². The fourth-order valence-corrected chi connectivity index (χ4v) is 2.73. The minimum atomic E-state index is -0.227. The van der Waals surface area contributed by atoms with E-state index in [1.807, 2.05) is 6.07 Å². The lowest BCUT2D eigenvalue weighted by Crippen LogP contribution is -2.10. The molecule has 0 saturated carbocycles. The van der Waals surface area contributed by atoms with E-state index in [0.29, 0.717) is 12.0 Å². The Labute approximate surface area is 112 Å². The van der Waals surface area contributed by atoms with E-state index in [-0.39, 0.29) is 24.2 Å². The summed E-state index contributed by atoms with van der Waals surface area (Å²) in [6, 6.07) is 3.26. The Bertz CT molecular complexity index is 334. The van der Waals surface area contributed by atoms with Crippen LogP contribution in [-0.4, -0.2) is 5.11 Å². The van der Waals surface area contributed by atoms with E-state index in [2.05, 4.69) is 38.4 Å². The first-order valence-corrected chi connectivity index (χ1v) is 5.69. The second kappa shape index (κ2) is 6.53. The highest BCUT2D eigenvalue weighted by Crippen LogP contribution is 2.35. The van der Waals surface area contributed by atoms with Gasteiger partial charge >= 0.3 is 0 Å². The molecule has 0 aliphatic heterocycles. The summed E-state index contributed by atoms with van der Waals surface area (Å²) in [7, 11) is 0. The van der Waals surface area contributed by atoms with Gasteiger partial charge in [0.15, 0.2) is 0 Å². The highest BCUT2D eigenvalue weighted by molar-refractivity contribution is 9.11. The van der Waals surface area contributed by atoms with Crippen molar-refractivity contribution in [1.29, 1.82) is 0 Å². The van der Waals surface area contributed by atoms with Crippen molar-refractivity contribution >= 4 is 44.3 Å². The van der Waals surface area contributed by atoms with Crippen LogP contribution in [0, 0.1) is 0 Å². The van der Waals surface area contributed by atoms with E-state index < -0.39 is 0 Å². The maximum Gasteiger partial charge on any atom is 0.122 e. The fraction of sp³-hybridized carbons (Fsp3) is 0.200. The molecule has 0 radical (unpaired) electrons. The first-order chi connectivity index (χ1) is 6.56. The van der Waals surface area contributed by atoms with E-state index in [1.54, 1.807) is 12.1 Å². The van der Waals surface area contributed by atoms with E-state index in [1.165, 1.54) is 0 Å². The highest BCUT2D eigenvalue weighted by atomic mass is 79.9. The summed E-state index contributed by atoms with van der Waals surface area (Å²) >= 11 is 6.65. The topological polar surface area (TPSA) is 46.2 Å². The Kier molecular flexibility index (Phi) is 6.52. The van der Waals surface area contributed by atoms with Gasteiger partial charge in [-0.05, 0) is 18.6 Å². The van der Waals surface area contributed by atoms with Gasteiger partial charge in [0.1, 0.15) is 5.75 Å². The predicted molar refractivity (Wildman–Crippen MR) is 72.5 cm³/mol. The highest BCUT2D eigenvalue weighted by Gasteiger charge is 2.14. The number of phenols is 1. The molecule has 1 atom stereocenters. The van der Waals surface area contributed by atoms with Crippen molar-refractivity contribution in [2.24, 2.45) is 5.73 Å². The van der Waals surface area contributed by atoms with Gasteiger partial charge in [-0.2, -0.15) is 0 Å². The normalized spacial score (nSPS) is 11.7. The van der Waals surface area contributed by atoms with E-state index in [9.17, 15) is 5.11 Å². The molecule has 0 fully saturated rings. The van der Waals surface area contributed by atoms with E-state index >= 15 is 0 Å². The molecule has 2 nitrogen and oxygen atoms in total. The van der Waals surface area contributed by atoms with Crippen LogP contribution in [0.3, 0.4) is 0 Å². The lowest BCUT2D eigenvalue weighted by molar-refractivity contribution is 0.460. The van der Waals surface area contributed by atoms with Gasteiger partial charge in [0.05, 0.1) is 0 Å². The largest absolute Gasteiger partial charge is 0.508 e. The first-order valence-electron chi connectivity index (χ1n) is 4.10. The number of halogens is 3. The van der Waals surface area contributed by atoms with Crippen LogP contribution in [0.1, 0.15) is 18.0 Å². The number of rotatable bonds is 3. The number of phenolic OH excluding ortho intramolecular Hbond substituents is 1. The molecule has 0 aliphatic rings. The molecule has 5 heteroatoms. The quantitative estimate of drug-likeness (QED) is 0.806. The smallest absolute Gasteiger partial charge is 0.122 e. The predicted octanol–water partition coefficient (Wildman–Crippen LogP) is 3.91. The van der Waals surface area contributed by atoms with Gasteiger partial charge in [0, 0.05) is 20.6 Å². The zero-order valence-electron chi connectivity index (χ0n) is 7.91. The van der Waals surface area contributed by atoms with Crippen molar-refractivity contribution in [3.8, 4) is 5.75 Å². The third-order valence-electron chi connectivity index (χ3n) is 1.86. The SMILES string of the molecule is C=CC[C@@H](N)c1c(O)cc(Br)cc1Br.Cl. The van der Waals surface area contributed by atoms with Crippen LogP contribution in [-0.2, 0) is 0 Å². The summed E-state index contributed by atoms with van der Waals surface area (Å²) in [5, 5.41) is 9.69. The molecule has 0 aliphatic carbocycles. The summed E-state index contributed by atoms with van der Waals surface area (Å²) < 4.78 is 1.62. The minimum Gasteiger partial charge on any atom is -0.508 e. The standard InChI is InChI=1S/C10H11Br2NO.ClH/c1-2-3-8(13)10-7(12)4-6(11)5-9(10)14;/h2,4-5,8,14H,1,3,13H2;1H/t8-;/m1./s1. The number of nitrogens with two attached hydrogens (primary N) is 1. The molecule has 1 rings (SSSR count). The van der Waals surface area contributed by atoms with Gasteiger partial charge in [-0.15, -0.1) is 19.0 Å². The summed E-state index contributed by atoms with van der Waals surface area (Å²) in [4.78, 5) is 0. The van der Waals surface area contributed by atoms with Crippen LogP contribution < -0.4 is 5.73 Å². The van der Waals surface area contributed by atoms with Crippen LogP contribution in [0.15, 0.2) is 33.7 Å². The van der Waals surface area contributed by atoms with Crippen molar-refractivity contribution in [1.82, 2.24) is 0 Å². The number of hydrogen-bond acceptors (Lipinski definition) is 2. The van der Waals surface area contributed by atoms with Gasteiger partial charge in [0.2, 0.25) is 0 Å². The fourth-order valence-electron chi connectivity index (χ4n) is 1.24. The molecule has 0 saturated heterocycles. The molecule has 0 bridgehead atoms. The minimum absolute atomic E-state index is 0. The van der Waals surface area contributed by atoms with Crippen molar-refractivity contribution in [2.75, 3.05) is 0 Å². The average molecular weight is 357 g/mol. The van der Waals surface area contributed by atoms with Crippen molar-refractivity contribution in [3.63, 3.8) is 0 Å². The molecule has 15 heavy (non-hydrogen) atoms. The van der Waals surface area contributed by atoms with E-state index in [0.717, 1.165) is 8.95 Å². The van der Waals surface area contributed by atoms with Crippen molar-refractivity contribution in [3.05, 3.63) is 39.3 Å². The number of benzene rings is 1. The molecular weight excluding hydrogens is 345 g/mol. The van der Waals surface area contributed by atoms with Crippen molar-refractivity contribution in [2.45, 2.75) is 12.5 Å². The van der Waals surface area contributed by atoms with Crippen LogP contribution in [0.2, 0.25) is 0 Å². The zero-order valence-corrected chi connectivity index (χ0v) is 11.9. The number of aromatic hydroxyl groups is 1. The van der Waals surface area contributed by atoms with Crippen LogP contribution in [0.25, 0.3) is 0 Å². The van der Waals surface area contributed by atoms with Crippen LogP contribution >= 0.6 is 44.3 Å². The molecular formula is C10H12Br2ClNO. The summed E-state index contributed by atoms with van der Waals surface area (Å²) in [5.74, 6) is 0.195. The molecule has 0 unspecified atom stereocenters. The Morgan fingerprint density at radius 2 is 2.07 bits per heavy atom. The van der Waals surface area contributed by atoms with Crippen molar-refractivity contribution < 1.29 is 5.11 Å². The third kappa shape index (κ3) is 3.79. The molecule has 0 aromatic heterocycles. The van der Waals surface area contributed by atoms with Gasteiger partial charge < -0.3 is 10.8 Å². The third-order valence-corrected chi connectivity index (χ3v) is 2.98. The summed E-state index contributed by atoms with van der Waals surface area (Å²) in [5.41, 5.74) is 6.60. The zero-order chi connectivity index (χ0) is 10.7. The molecule has 0 heterocycles. The monoisotopic (exact) mass is 355 g/mol.